The molecule has 0 atom stereocenters. The first kappa shape index (κ1) is 19.5. The molecule has 3 aromatic heterocycles. The summed E-state index contributed by atoms with van der Waals surface area (Å²) in [7, 11) is 0. The van der Waals surface area contributed by atoms with E-state index in [0.29, 0.717) is 41.8 Å². The van der Waals surface area contributed by atoms with Crippen molar-refractivity contribution in [3.05, 3.63) is 54.0 Å². The maximum atomic E-state index is 5.60. The highest BCUT2D eigenvalue weighted by Gasteiger charge is 2.14. The van der Waals surface area contributed by atoms with Gasteiger partial charge in [0.1, 0.15) is 18.0 Å². The number of nitrogens with zero attached hydrogens (tertiary/aromatic N) is 7. The molecular formula is C22H24N8O. The molecule has 1 saturated heterocycles. The van der Waals surface area contributed by atoms with Crippen molar-refractivity contribution in [2.45, 2.75) is 26.3 Å². The Balaban J connectivity index is 1.34. The number of fused-ring (bicyclic) bond motifs is 2. The molecule has 9 heteroatoms. The van der Waals surface area contributed by atoms with E-state index in [4.69, 9.17) is 9.82 Å². The van der Waals surface area contributed by atoms with E-state index < -0.39 is 0 Å². The fourth-order valence-corrected chi connectivity index (χ4v) is 3.77. The Morgan fingerprint density at radius 2 is 2.13 bits per heavy atom. The second-order valence-electron chi connectivity index (χ2n) is 7.85. The average Bonchev–Trinajstić information content (AvgIpc) is 3.21. The van der Waals surface area contributed by atoms with E-state index in [1.54, 1.807) is 17.1 Å². The molecule has 0 saturated carbocycles. The van der Waals surface area contributed by atoms with E-state index >= 15 is 0 Å². The van der Waals surface area contributed by atoms with Gasteiger partial charge in [-0.15, -0.1) is 5.10 Å². The van der Waals surface area contributed by atoms with Crippen molar-refractivity contribution in [3.8, 4) is 0 Å². The Morgan fingerprint density at radius 1 is 1.23 bits per heavy atom. The van der Waals surface area contributed by atoms with Gasteiger partial charge in [-0.25, -0.2) is 14.6 Å². The number of piperidine rings is 1. The molecular weight excluding hydrogens is 392 g/mol. The lowest BCUT2D eigenvalue weighted by Gasteiger charge is -2.21. The molecule has 4 heterocycles. The average molecular weight is 416 g/mol. The highest BCUT2D eigenvalue weighted by molar-refractivity contribution is 5.97. The van der Waals surface area contributed by atoms with E-state index in [9.17, 15) is 0 Å². The number of oxime groups is 1. The molecule has 9 nitrogen and oxygen atoms in total. The number of nitrogens with one attached hydrogen (secondary N) is 1. The first-order valence-corrected chi connectivity index (χ1v) is 10.5. The Kier molecular flexibility index (Phi) is 5.49. The van der Waals surface area contributed by atoms with Gasteiger partial charge in [0.05, 0.1) is 18.3 Å². The predicted octanol–water partition coefficient (Wildman–Crippen LogP) is 2.56. The Labute approximate surface area is 179 Å². The minimum atomic E-state index is 0.509. The van der Waals surface area contributed by atoms with Crippen molar-refractivity contribution in [3.63, 3.8) is 0 Å². The molecule has 0 aliphatic carbocycles. The highest BCUT2D eigenvalue weighted by Crippen LogP contribution is 2.16. The van der Waals surface area contributed by atoms with Gasteiger partial charge in [0.15, 0.2) is 5.65 Å². The van der Waals surface area contributed by atoms with Gasteiger partial charge in [0.2, 0.25) is 5.65 Å². The molecule has 158 valence electrons. The van der Waals surface area contributed by atoms with Crippen LogP contribution in [0.25, 0.3) is 22.2 Å². The Bertz CT molecular complexity index is 1230. The largest absolute Gasteiger partial charge is 0.395 e. The van der Waals surface area contributed by atoms with Crippen molar-refractivity contribution < 1.29 is 4.84 Å². The molecule has 0 spiro atoms. The number of benzene rings is 1. The normalized spacial score (nSPS) is 15.6. The van der Waals surface area contributed by atoms with Gasteiger partial charge in [0, 0.05) is 11.6 Å². The van der Waals surface area contributed by atoms with Crippen LogP contribution in [0.15, 0.2) is 47.9 Å². The summed E-state index contributed by atoms with van der Waals surface area (Å²) in [5.41, 5.74) is 4.53. The van der Waals surface area contributed by atoms with Crippen molar-refractivity contribution in [2.75, 3.05) is 19.7 Å². The lowest BCUT2D eigenvalue weighted by Crippen LogP contribution is -2.29. The molecule has 1 N–H and O–H groups in total. The van der Waals surface area contributed by atoms with E-state index in [1.165, 1.54) is 0 Å². The smallest absolute Gasteiger partial charge is 0.221 e. The van der Waals surface area contributed by atoms with E-state index in [1.807, 2.05) is 31.2 Å². The zero-order chi connectivity index (χ0) is 21.0. The van der Waals surface area contributed by atoms with Crippen molar-refractivity contribution in [1.82, 2.24) is 35.3 Å². The minimum Gasteiger partial charge on any atom is -0.395 e. The zero-order valence-corrected chi connectivity index (χ0v) is 17.4. The third-order valence-electron chi connectivity index (χ3n) is 5.57. The number of hydrogen-bond donors (Lipinski definition) is 1. The van der Waals surface area contributed by atoms with E-state index in [-0.39, 0.29) is 0 Å². The standard InChI is InChI=1S/C22H24N8O/c1-15(28-31-14-16-6-9-23-10-7-16)20-12-25-21-22(26-20)30(29-27-21)13-17-4-5-19-18(11-17)3-2-8-24-19/h2-5,8,11-12,16,23H,6-7,9-10,13-14H2,1H3. The van der Waals surface area contributed by atoms with Crippen LogP contribution in [-0.4, -0.2) is 55.4 Å². The van der Waals surface area contributed by atoms with Crippen LogP contribution in [0, 0.1) is 5.92 Å². The highest BCUT2D eigenvalue weighted by atomic mass is 16.6. The van der Waals surface area contributed by atoms with Gasteiger partial charge < -0.3 is 10.2 Å². The molecule has 31 heavy (non-hydrogen) atoms. The second-order valence-corrected chi connectivity index (χ2v) is 7.85. The molecule has 5 rings (SSSR count). The van der Waals surface area contributed by atoms with Crippen LogP contribution in [0.5, 0.6) is 0 Å². The number of pyridine rings is 1. The van der Waals surface area contributed by atoms with Gasteiger partial charge in [-0.05, 0) is 62.5 Å². The summed E-state index contributed by atoms with van der Waals surface area (Å²) in [6.45, 7) is 5.14. The summed E-state index contributed by atoms with van der Waals surface area (Å²) in [6.07, 6.45) is 5.70. The van der Waals surface area contributed by atoms with Gasteiger partial charge >= 0.3 is 0 Å². The van der Waals surface area contributed by atoms with Gasteiger partial charge in [-0.3, -0.25) is 4.98 Å². The summed E-state index contributed by atoms with van der Waals surface area (Å²) in [4.78, 5) is 19.1. The summed E-state index contributed by atoms with van der Waals surface area (Å²) >= 11 is 0. The van der Waals surface area contributed by atoms with Crippen molar-refractivity contribution in [1.29, 1.82) is 0 Å². The van der Waals surface area contributed by atoms with Crippen molar-refractivity contribution >= 4 is 27.9 Å². The van der Waals surface area contributed by atoms with E-state index in [2.05, 4.69) is 36.8 Å². The van der Waals surface area contributed by atoms with Gasteiger partial charge in [0.25, 0.3) is 0 Å². The predicted molar refractivity (Wildman–Crippen MR) is 118 cm³/mol. The van der Waals surface area contributed by atoms with Crippen LogP contribution in [0.2, 0.25) is 0 Å². The SMILES string of the molecule is CC(=NOCC1CCNCC1)c1cnc2nnn(Cc3ccc4ncccc4c3)c2n1. The lowest BCUT2D eigenvalue weighted by atomic mass is 10.00. The van der Waals surface area contributed by atoms with Crippen LogP contribution in [0.1, 0.15) is 31.0 Å². The molecule has 1 fully saturated rings. The zero-order valence-electron chi connectivity index (χ0n) is 17.4. The van der Waals surface area contributed by atoms with Crippen molar-refractivity contribution in [2.24, 2.45) is 11.1 Å². The van der Waals surface area contributed by atoms with Crippen LogP contribution in [0.4, 0.5) is 0 Å². The van der Waals surface area contributed by atoms with Gasteiger partial charge in [-0.1, -0.05) is 22.5 Å². The molecule has 1 aliphatic heterocycles. The molecule has 0 unspecified atom stereocenters. The molecule has 4 aromatic rings. The third-order valence-corrected chi connectivity index (χ3v) is 5.57. The number of rotatable bonds is 6. The molecule has 0 amide bonds. The van der Waals surface area contributed by atoms with Gasteiger partial charge in [-0.2, -0.15) is 0 Å². The van der Waals surface area contributed by atoms with Crippen LogP contribution in [-0.2, 0) is 11.4 Å². The maximum Gasteiger partial charge on any atom is 0.221 e. The topological polar surface area (TPSA) is 103 Å². The third kappa shape index (κ3) is 4.36. The molecule has 1 aromatic carbocycles. The fraction of sp³-hybridized carbons (Fsp3) is 0.364. The summed E-state index contributed by atoms with van der Waals surface area (Å²) in [5, 5.41) is 17.1. The van der Waals surface area contributed by atoms with Crippen LogP contribution >= 0.6 is 0 Å². The lowest BCUT2D eigenvalue weighted by molar-refractivity contribution is 0.0944. The summed E-state index contributed by atoms with van der Waals surface area (Å²) < 4.78 is 1.76. The van der Waals surface area contributed by atoms with E-state index in [0.717, 1.165) is 42.4 Å². The minimum absolute atomic E-state index is 0.509. The summed E-state index contributed by atoms with van der Waals surface area (Å²) in [5.74, 6) is 0.550. The first-order valence-electron chi connectivity index (χ1n) is 10.5. The molecule has 0 bridgehead atoms. The number of hydrogen-bond acceptors (Lipinski definition) is 8. The quantitative estimate of drug-likeness (QED) is 0.381. The number of aromatic nitrogens is 6. The molecule has 0 radical (unpaired) electrons. The Hall–Kier alpha value is -3.46. The molecule has 1 aliphatic rings. The Morgan fingerprint density at radius 3 is 3.03 bits per heavy atom. The monoisotopic (exact) mass is 416 g/mol. The fourth-order valence-electron chi connectivity index (χ4n) is 3.77. The second kappa shape index (κ2) is 8.73. The maximum absolute atomic E-state index is 5.60. The first-order chi connectivity index (χ1) is 15.3. The van der Waals surface area contributed by atoms with Crippen LogP contribution < -0.4 is 5.32 Å². The summed E-state index contributed by atoms with van der Waals surface area (Å²) in [6, 6.07) is 10.1. The van der Waals surface area contributed by atoms with Crippen LogP contribution in [0.3, 0.4) is 0 Å².